The molecule has 4 nitrogen and oxygen atoms in total. The van der Waals surface area contributed by atoms with Crippen molar-refractivity contribution in [1.29, 1.82) is 0 Å². The van der Waals surface area contributed by atoms with Gasteiger partial charge in [0.1, 0.15) is 5.69 Å². The van der Waals surface area contributed by atoms with Gasteiger partial charge in [0.15, 0.2) is 0 Å². The molecule has 5 heteroatoms. The summed E-state index contributed by atoms with van der Waals surface area (Å²) in [6, 6.07) is 4.41. The highest BCUT2D eigenvalue weighted by Gasteiger charge is 2.28. The smallest absolute Gasteiger partial charge is 0.309 e. The molecule has 0 amide bonds. The van der Waals surface area contributed by atoms with E-state index in [2.05, 4.69) is 54.7 Å². The number of aryl methyl sites for hydroxylation is 1. The van der Waals surface area contributed by atoms with Crippen molar-refractivity contribution in [2.24, 2.45) is 0 Å². The molecule has 0 spiro atoms. The first-order chi connectivity index (χ1) is 11.8. The van der Waals surface area contributed by atoms with E-state index in [1.165, 1.54) is 16.7 Å². The number of hydrogen-bond donors (Lipinski definition) is 1. The number of thioether (sulfide) groups is 1. The molecule has 0 saturated carbocycles. The van der Waals surface area contributed by atoms with E-state index in [1.807, 2.05) is 11.8 Å². The second kappa shape index (κ2) is 6.89. The number of nitrogens with zero attached hydrogens (tertiary/aromatic N) is 2. The Hall–Kier alpha value is -2.32. The SMILES string of the molecule is Cc1cc2c(cc1C#Cc1cncc(CC(=O)O)n1)C(C)(C)CCS2. The summed E-state index contributed by atoms with van der Waals surface area (Å²) in [7, 11) is 0. The van der Waals surface area contributed by atoms with Crippen molar-refractivity contribution < 1.29 is 9.90 Å². The van der Waals surface area contributed by atoms with Gasteiger partial charge in [-0.05, 0) is 53.7 Å². The molecule has 0 atom stereocenters. The number of carboxylic acids is 1. The normalized spacial score (nSPS) is 15.0. The van der Waals surface area contributed by atoms with Gasteiger partial charge in [0.2, 0.25) is 0 Å². The summed E-state index contributed by atoms with van der Waals surface area (Å²) in [5, 5.41) is 8.86. The Morgan fingerprint density at radius 1 is 1.32 bits per heavy atom. The van der Waals surface area contributed by atoms with Crippen LogP contribution in [0.25, 0.3) is 0 Å². The summed E-state index contributed by atoms with van der Waals surface area (Å²) in [6.07, 6.45) is 4.03. The number of aliphatic carboxylic acids is 1. The molecule has 2 aromatic rings. The highest BCUT2D eigenvalue weighted by Crippen LogP contribution is 2.42. The molecule has 0 unspecified atom stereocenters. The maximum Gasteiger partial charge on any atom is 0.309 e. The fourth-order valence-corrected chi connectivity index (χ4v) is 4.44. The first-order valence-electron chi connectivity index (χ1n) is 8.18. The van der Waals surface area contributed by atoms with Crippen molar-refractivity contribution in [3.05, 3.63) is 52.6 Å². The lowest BCUT2D eigenvalue weighted by atomic mass is 9.80. The molecule has 1 aromatic heterocycles. The van der Waals surface area contributed by atoms with Gasteiger partial charge >= 0.3 is 5.97 Å². The molecule has 0 aliphatic carbocycles. The van der Waals surface area contributed by atoms with Crippen molar-refractivity contribution in [3.63, 3.8) is 0 Å². The van der Waals surface area contributed by atoms with Crippen LogP contribution in [0, 0.1) is 18.8 Å². The minimum Gasteiger partial charge on any atom is -0.481 e. The molecular weight excluding hydrogens is 332 g/mol. The van der Waals surface area contributed by atoms with Crippen LogP contribution >= 0.6 is 11.8 Å². The summed E-state index contributed by atoms with van der Waals surface area (Å²) in [5.74, 6) is 6.44. The first-order valence-corrected chi connectivity index (χ1v) is 9.16. The maximum atomic E-state index is 10.8. The van der Waals surface area contributed by atoms with Crippen molar-refractivity contribution in [2.45, 2.75) is 43.9 Å². The molecular formula is C20H20N2O2S. The molecule has 2 heterocycles. The Bertz CT molecular complexity index is 894. The third-order valence-corrected chi connectivity index (χ3v) is 5.44. The summed E-state index contributed by atoms with van der Waals surface area (Å²) < 4.78 is 0. The molecule has 0 bridgehead atoms. The van der Waals surface area contributed by atoms with Crippen LogP contribution in [0.1, 0.15) is 48.3 Å². The second-order valence-electron chi connectivity index (χ2n) is 6.86. The monoisotopic (exact) mass is 352 g/mol. The molecule has 3 rings (SSSR count). The molecule has 0 saturated heterocycles. The summed E-state index contributed by atoms with van der Waals surface area (Å²) in [5.41, 5.74) is 4.55. The maximum absolute atomic E-state index is 10.8. The molecule has 128 valence electrons. The average Bonchev–Trinajstić information content (AvgIpc) is 2.52. The topological polar surface area (TPSA) is 63.1 Å². The average molecular weight is 352 g/mol. The molecule has 0 radical (unpaired) electrons. The van der Waals surface area contributed by atoms with Crippen LogP contribution < -0.4 is 0 Å². The molecule has 1 aliphatic rings. The largest absolute Gasteiger partial charge is 0.481 e. The van der Waals surface area contributed by atoms with E-state index in [9.17, 15) is 4.79 Å². The quantitative estimate of drug-likeness (QED) is 0.837. The molecule has 1 aliphatic heterocycles. The van der Waals surface area contributed by atoms with Gasteiger partial charge in [-0.1, -0.05) is 19.8 Å². The minimum absolute atomic E-state index is 0.147. The van der Waals surface area contributed by atoms with Gasteiger partial charge in [0, 0.05) is 16.7 Å². The lowest BCUT2D eigenvalue weighted by Crippen LogP contribution is -2.23. The van der Waals surface area contributed by atoms with Crippen LogP contribution in [-0.4, -0.2) is 26.8 Å². The van der Waals surface area contributed by atoms with E-state index < -0.39 is 5.97 Å². The third-order valence-electron chi connectivity index (χ3n) is 4.38. The van der Waals surface area contributed by atoms with Gasteiger partial charge in [-0.3, -0.25) is 9.78 Å². The van der Waals surface area contributed by atoms with Crippen LogP contribution in [0.2, 0.25) is 0 Å². The number of fused-ring (bicyclic) bond motifs is 1. The number of carbonyl (C=O) groups is 1. The first kappa shape index (κ1) is 17.5. The van der Waals surface area contributed by atoms with Crippen LogP contribution in [-0.2, 0) is 16.6 Å². The highest BCUT2D eigenvalue weighted by molar-refractivity contribution is 7.99. The van der Waals surface area contributed by atoms with Gasteiger partial charge in [-0.2, -0.15) is 0 Å². The van der Waals surface area contributed by atoms with E-state index in [0.717, 1.165) is 23.3 Å². The molecule has 1 N–H and O–H groups in total. The van der Waals surface area contributed by atoms with E-state index in [0.29, 0.717) is 11.4 Å². The van der Waals surface area contributed by atoms with Crippen LogP contribution in [0.4, 0.5) is 0 Å². The Kier molecular flexibility index (Phi) is 4.82. The Morgan fingerprint density at radius 2 is 2.12 bits per heavy atom. The van der Waals surface area contributed by atoms with Gasteiger partial charge in [0.05, 0.1) is 18.3 Å². The van der Waals surface area contributed by atoms with E-state index >= 15 is 0 Å². The number of hydrogen-bond acceptors (Lipinski definition) is 4. The number of rotatable bonds is 2. The van der Waals surface area contributed by atoms with Crippen molar-refractivity contribution in [1.82, 2.24) is 9.97 Å². The summed E-state index contributed by atoms with van der Waals surface area (Å²) in [6.45, 7) is 6.62. The van der Waals surface area contributed by atoms with Crippen molar-refractivity contribution in [2.75, 3.05) is 5.75 Å². The standard InChI is InChI=1S/C20H20N2O2S/c1-13-8-18-17(20(2,3)6-7-25-18)9-14(13)4-5-15-11-21-12-16(22-15)10-19(23)24/h8-9,11-12H,6-7,10H2,1-3H3,(H,23,24). The number of benzene rings is 1. The van der Waals surface area contributed by atoms with E-state index in [4.69, 9.17) is 5.11 Å². The zero-order valence-electron chi connectivity index (χ0n) is 14.6. The van der Waals surface area contributed by atoms with Crippen LogP contribution in [0.5, 0.6) is 0 Å². The molecule has 0 fully saturated rings. The Morgan fingerprint density at radius 3 is 2.88 bits per heavy atom. The van der Waals surface area contributed by atoms with Crippen LogP contribution in [0.3, 0.4) is 0 Å². The van der Waals surface area contributed by atoms with Gasteiger partial charge < -0.3 is 5.11 Å². The second-order valence-corrected chi connectivity index (χ2v) is 8.00. The van der Waals surface area contributed by atoms with E-state index in [-0.39, 0.29) is 11.8 Å². The zero-order valence-corrected chi connectivity index (χ0v) is 15.4. The van der Waals surface area contributed by atoms with Crippen molar-refractivity contribution in [3.8, 4) is 11.8 Å². The van der Waals surface area contributed by atoms with E-state index in [1.54, 1.807) is 6.20 Å². The lowest BCUT2D eigenvalue weighted by Gasteiger charge is -2.32. The Balaban J connectivity index is 1.95. The number of aromatic nitrogens is 2. The fourth-order valence-electron chi connectivity index (χ4n) is 2.85. The van der Waals surface area contributed by atoms with Crippen molar-refractivity contribution >= 4 is 17.7 Å². The molecule has 25 heavy (non-hydrogen) atoms. The van der Waals surface area contributed by atoms with Gasteiger partial charge in [-0.25, -0.2) is 4.98 Å². The summed E-state index contributed by atoms with van der Waals surface area (Å²) >= 11 is 1.91. The Labute approximate surface area is 152 Å². The van der Waals surface area contributed by atoms with Gasteiger partial charge in [0.25, 0.3) is 0 Å². The number of carboxylic acid groups (broad SMARTS) is 1. The predicted octanol–water partition coefficient (Wildman–Crippen LogP) is 3.59. The predicted molar refractivity (Wildman–Crippen MR) is 98.9 cm³/mol. The van der Waals surface area contributed by atoms with Gasteiger partial charge in [-0.15, -0.1) is 11.8 Å². The molecule has 1 aromatic carbocycles. The summed E-state index contributed by atoms with van der Waals surface area (Å²) in [4.78, 5) is 20.4. The lowest BCUT2D eigenvalue weighted by molar-refractivity contribution is -0.136. The third kappa shape index (κ3) is 4.02. The minimum atomic E-state index is -0.926. The highest BCUT2D eigenvalue weighted by atomic mass is 32.2. The zero-order chi connectivity index (χ0) is 18.0. The van der Waals surface area contributed by atoms with Crippen LogP contribution in [0.15, 0.2) is 29.4 Å². The fraction of sp³-hybridized carbons (Fsp3) is 0.350.